The van der Waals surface area contributed by atoms with Gasteiger partial charge < -0.3 is 14.6 Å². The summed E-state index contributed by atoms with van der Waals surface area (Å²) < 4.78 is 11.1. The van der Waals surface area contributed by atoms with E-state index in [-0.39, 0.29) is 16.5 Å². The van der Waals surface area contributed by atoms with E-state index in [1.54, 1.807) is 48.5 Å². The number of methoxy groups -OCH3 is 1. The van der Waals surface area contributed by atoms with Crippen molar-refractivity contribution < 1.29 is 29.0 Å². The van der Waals surface area contributed by atoms with E-state index in [9.17, 15) is 19.5 Å². The molecule has 0 saturated carbocycles. The maximum absolute atomic E-state index is 13.4. The van der Waals surface area contributed by atoms with Gasteiger partial charge in [-0.1, -0.05) is 35.1 Å². The zero-order chi connectivity index (χ0) is 27.0. The molecule has 0 bridgehead atoms. The monoisotopic (exact) mass is 548 g/mol. The topological polar surface area (TPSA) is 106 Å². The lowest BCUT2D eigenvalue weighted by molar-refractivity contribution is -0.132. The van der Waals surface area contributed by atoms with Gasteiger partial charge in [0.2, 0.25) is 0 Å². The van der Waals surface area contributed by atoms with E-state index in [1.807, 2.05) is 13.0 Å². The molecule has 0 spiro atoms. The van der Waals surface area contributed by atoms with E-state index in [2.05, 4.69) is 4.98 Å². The van der Waals surface area contributed by atoms with Gasteiger partial charge in [0, 0.05) is 10.6 Å². The number of hydrogen-bond donors (Lipinski definition) is 1. The van der Waals surface area contributed by atoms with Gasteiger partial charge in [-0.15, -0.1) is 0 Å². The quantitative estimate of drug-likeness (QED) is 0.141. The number of amides is 1. The minimum Gasteiger partial charge on any atom is -0.507 e. The summed E-state index contributed by atoms with van der Waals surface area (Å²) in [5, 5.41) is 12.0. The van der Waals surface area contributed by atoms with E-state index in [0.29, 0.717) is 39.6 Å². The summed E-state index contributed by atoms with van der Waals surface area (Å²) in [4.78, 5) is 44.7. The number of aliphatic hydroxyl groups excluding tert-OH is 1. The Labute approximate surface area is 226 Å². The number of fused-ring (bicyclic) bond motifs is 1. The van der Waals surface area contributed by atoms with Crippen LogP contribution in [0.25, 0.3) is 16.0 Å². The number of carbonyl (C=O) groups excluding carboxylic acids is 3. The molecular weight excluding hydrogens is 528 g/mol. The van der Waals surface area contributed by atoms with Gasteiger partial charge >= 0.3 is 11.9 Å². The molecule has 4 aromatic rings. The summed E-state index contributed by atoms with van der Waals surface area (Å²) in [6, 6.07) is 17.0. The summed E-state index contributed by atoms with van der Waals surface area (Å²) in [6.45, 7) is 2.38. The van der Waals surface area contributed by atoms with E-state index in [1.165, 1.54) is 35.5 Å². The summed E-state index contributed by atoms with van der Waals surface area (Å²) >= 11 is 7.22. The molecule has 2 heterocycles. The van der Waals surface area contributed by atoms with Crippen LogP contribution in [0.5, 0.6) is 5.75 Å². The molecule has 1 aromatic heterocycles. The Morgan fingerprint density at radius 1 is 1.05 bits per heavy atom. The predicted octanol–water partition coefficient (Wildman–Crippen LogP) is 5.76. The maximum Gasteiger partial charge on any atom is 0.337 e. The molecule has 5 rings (SSSR count). The first-order valence-electron chi connectivity index (χ1n) is 11.6. The smallest absolute Gasteiger partial charge is 0.337 e. The number of carbonyl (C=O) groups is 3. The highest BCUT2D eigenvalue weighted by molar-refractivity contribution is 7.22. The molecule has 10 heteroatoms. The molecule has 1 N–H and O–H groups in total. The number of nitrogens with zero attached hydrogens (tertiary/aromatic N) is 2. The number of Topliss-reactive ketones (excluding diaryl/α,β-unsaturated/α-hetero) is 1. The zero-order valence-corrected chi connectivity index (χ0v) is 21.9. The second kappa shape index (κ2) is 10.3. The number of aromatic nitrogens is 1. The fourth-order valence-electron chi connectivity index (χ4n) is 4.28. The molecule has 1 aliphatic heterocycles. The first-order valence-corrected chi connectivity index (χ1v) is 12.8. The van der Waals surface area contributed by atoms with Gasteiger partial charge in [-0.2, -0.15) is 0 Å². The highest BCUT2D eigenvalue weighted by Gasteiger charge is 2.48. The van der Waals surface area contributed by atoms with Crippen LogP contribution in [0.4, 0.5) is 5.13 Å². The van der Waals surface area contributed by atoms with E-state index in [4.69, 9.17) is 21.1 Å². The number of halogens is 1. The lowest BCUT2D eigenvalue weighted by Gasteiger charge is -2.23. The normalized spacial score (nSPS) is 16.7. The van der Waals surface area contributed by atoms with Crippen molar-refractivity contribution in [3.63, 3.8) is 0 Å². The third-order valence-electron chi connectivity index (χ3n) is 6.08. The molecule has 1 fully saturated rings. The van der Waals surface area contributed by atoms with Crippen molar-refractivity contribution >= 4 is 61.7 Å². The molecule has 0 unspecified atom stereocenters. The Bertz CT molecular complexity index is 1590. The van der Waals surface area contributed by atoms with Crippen LogP contribution in [0.1, 0.15) is 34.5 Å². The average Bonchev–Trinajstić information content (AvgIpc) is 3.46. The van der Waals surface area contributed by atoms with Crippen molar-refractivity contribution in [2.45, 2.75) is 13.0 Å². The average molecular weight is 549 g/mol. The van der Waals surface area contributed by atoms with Crippen LogP contribution in [0.2, 0.25) is 5.02 Å². The number of ketones is 1. The number of hydrogen-bond acceptors (Lipinski definition) is 8. The summed E-state index contributed by atoms with van der Waals surface area (Å²) in [7, 11) is 1.28. The fourth-order valence-corrected chi connectivity index (χ4v) is 5.43. The van der Waals surface area contributed by atoms with Gasteiger partial charge in [-0.25, -0.2) is 9.78 Å². The van der Waals surface area contributed by atoms with Crippen molar-refractivity contribution in [2.75, 3.05) is 18.6 Å². The Hall–Kier alpha value is -4.21. The van der Waals surface area contributed by atoms with Gasteiger partial charge in [-0.05, 0) is 67.1 Å². The highest BCUT2D eigenvalue weighted by atomic mass is 35.5. The minimum absolute atomic E-state index is 0.0996. The van der Waals surface area contributed by atoms with Crippen LogP contribution in [0, 0.1) is 0 Å². The summed E-state index contributed by atoms with van der Waals surface area (Å²) in [5.41, 5.74) is 1.66. The number of esters is 1. The van der Waals surface area contributed by atoms with Gasteiger partial charge in [-0.3, -0.25) is 14.5 Å². The molecule has 192 valence electrons. The highest BCUT2D eigenvalue weighted by Crippen LogP contribution is 2.44. The Morgan fingerprint density at radius 2 is 1.74 bits per heavy atom. The molecule has 1 saturated heterocycles. The van der Waals surface area contributed by atoms with Crippen molar-refractivity contribution in [1.82, 2.24) is 4.98 Å². The first kappa shape index (κ1) is 25.4. The first-order chi connectivity index (χ1) is 18.3. The predicted molar refractivity (Wildman–Crippen MR) is 145 cm³/mol. The van der Waals surface area contributed by atoms with E-state index < -0.39 is 23.7 Å². The van der Waals surface area contributed by atoms with Gasteiger partial charge in [0.25, 0.3) is 5.78 Å². The van der Waals surface area contributed by atoms with E-state index >= 15 is 0 Å². The third kappa shape index (κ3) is 4.51. The third-order valence-corrected chi connectivity index (χ3v) is 7.34. The van der Waals surface area contributed by atoms with Crippen LogP contribution in [0.3, 0.4) is 0 Å². The molecule has 38 heavy (non-hydrogen) atoms. The number of thiazole rings is 1. The molecular formula is C28H21ClN2O6S. The van der Waals surface area contributed by atoms with Crippen LogP contribution in [0.15, 0.2) is 72.3 Å². The second-order valence-electron chi connectivity index (χ2n) is 8.35. The van der Waals surface area contributed by atoms with Crippen LogP contribution in [-0.2, 0) is 14.3 Å². The molecule has 0 aliphatic carbocycles. The standard InChI is InChI=1S/C28H21ClN2O6S/c1-3-37-19-12-13-20-21(14-19)38-28(30-20)31-23(15-4-6-17(7-5-15)27(35)36-2)22(25(33)26(31)34)24(32)16-8-10-18(29)11-9-16/h4-14,23,32H,3H2,1-2H3/t23-/m0/s1. The fraction of sp³-hybridized carbons (Fsp3) is 0.143. The second-order valence-corrected chi connectivity index (χ2v) is 9.79. The molecule has 3 aromatic carbocycles. The number of anilines is 1. The largest absolute Gasteiger partial charge is 0.507 e. The molecule has 1 atom stereocenters. The van der Waals surface area contributed by atoms with Gasteiger partial charge in [0.15, 0.2) is 5.13 Å². The van der Waals surface area contributed by atoms with E-state index in [0.717, 1.165) is 4.70 Å². The number of ether oxygens (including phenoxy) is 2. The molecule has 1 aliphatic rings. The van der Waals surface area contributed by atoms with Crippen molar-refractivity contribution in [3.05, 3.63) is 94.0 Å². The number of aliphatic hydroxyl groups is 1. The molecule has 1 amide bonds. The minimum atomic E-state index is -0.996. The van der Waals surface area contributed by atoms with Gasteiger partial charge in [0.1, 0.15) is 11.5 Å². The SMILES string of the molecule is CCOc1ccc2nc(N3C(=O)C(=O)C(=C(O)c4ccc(Cl)cc4)[C@@H]3c3ccc(C(=O)OC)cc3)sc2c1. The lowest BCUT2D eigenvalue weighted by atomic mass is 9.95. The summed E-state index contributed by atoms with van der Waals surface area (Å²) in [6.07, 6.45) is 0. The van der Waals surface area contributed by atoms with Crippen LogP contribution < -0.4 is 9.64 Å². The van der Waals surface area contributed by atoms with Gasteiger partial charge in [0.05, 0.1) is 41.1 Å². The molecule has 8 nitrogen and oxygen atoms in total. The Balaban J connectivity index is 1.68. The zero-order valence-electron chi connectivity index (χ0n) is 20.3. The lowest BCUT2D eigenvalue weighted by Crippen LogP contribution is -2.29. The number of rotatable bonds is 6. The number of benzene rings is 3. The Kier molecular flexibility index (Phi) is 6.88. The van der Waals surface area contributed by atoms with Crippen molar-refractivity contribution in [3.8, 4) is 5.75 Å². The van der Waals surface area contributed by atoms with Crippen molar-refractivity contribution in [1.29, 1.82) is 0 Å². The maximum atomic E-state index is 13.4. The molecule has 0 radical (unpaired) electrons. The summed E-state index contributed by atoms with van der Waals surface area (Å²) in [5.74, 6) is -1.89. The van der Waals surface area contributed by atoms with Crippen LogP contribution in [-0.4, -0.2) is 41.5 Å². The van der Waals surface area contributed by atoms with Crippen LogP contribution >= 0.6 is 22.9 Å². The van der Waals surface area contributed by atoms with Crippen molar-refractivity contribution in [2.24, 2.45) is 0 Å². The Morgan fingerprint density at radius 3 is 2.39 bits per heavy atom.